The Kier molecular flexibility index (Phi) is 4.00. The Labute approximate surface area is 137 Å². The van der Waals surface area contributed by atoms with E-state index >= 15 is 0 Å². The summed E-state index contributed by atoms with van der Waals surface area (Å²) in [4.78, 5) is 8.43. The summed E-state index contributed by atoms with van der Waals surface area (Å²) in [5.74, 6) is 0.235. The standard InChI is InChI=1S/C17H16FN3O3/c18-12-1-2-15-14(8-12)21-17(24-15)20-9-11-3-5-19-16(7-11)23-13-4-6-22-10-13/h1-3,5,7-8,13H,4,6,9-10H2,(H,20,21). The highest BCUT2D eigenvalue weighted by Gasteiger charge is 2.17. The Balaban J connectivity index is 1.42. The highest BCUT2D eigenvalue weighted by molar-refractivity contribution is 5.74. The topological polar surface area (TPSA) is 69.4 Å². The molecule has 124 valence electrons. The summed E-state index contributed by atoms with van der Waals surface area (Å²) in [6.07, 6.45) is 2.64. The van der Waals surface area contributed by atoms with E-state index in [-0.39, 0.29) is 11.9 Å². The molecule has 0 aliphatic carbocycles. The SMILES string of the molecule is Fc1ccc2oc(NCc3ccnc(OC4CCOC4)c3)nc2c1. The average molecular weight is 329 g/mol. The summed E-state index contributed by atoms with van der Waals surface area (Å²) in [6, 6.07) is 8.34. The molecule has 0 bridgehead atoms. The minimum atomic E-state index is -0.339. The van der Waals surface area contributed by atoms with Crippen LogP contribution in [0.15, 0.2) is 40.9 Å². The molecule has 1 aliphatic rings. The lowest BCUT2D eigenvalue weighted by atomic mass is 10.2. The summed E-state index contributed by atoms with van der Waals surface area (Å²) in [6.45, 7) is 1.82. The predicted octanol–water partition coefficient (Wildman–Crippen LogP) is 3.14. The third-order valence-electron chi connectivity index (χ3n) is 3.77. The maximum absolute atomic E-state index is 13.2. The first-order chi connectivity index (χ1) is 11.8. The van der Waals surface area contributed by atoms with Crippen molar-refractivity contribution in [2.75, 3.05) is 18.5 Å². The van der Waals surface area contributed by atoms with Crippen molar-refractivity contribution in [3.63, 3.8) is 0 Å². The van der Waals surface area contributed by atoms with Crippen molar-refractivity contribution in [2.45, 2.75) is 19.1 Å². The average Bonchev–Trinajstić information content (AvgIpc) is 3.22. The molecule has 0 amide bonds. The van der Waals surface area contributed by atoms with Crippen molar-refractivity contribution in [3.05, 3.63) is 47.9 Å². The summed E-state index contributed by atoms with van der Waals surface area (Å²) in [7, 11) is 0. The number of halogens is 1. The lowest BCUT2D eigenvalue weighted by molar-refractivity contribution is 0.138. The molecule has 0 saturated carbocycles. The van der Waals surface area contributed by atoms with Crippen LogP contribution in [0, 0.1) is 5.82 Å². The molecule has 1 atom stereocenters. The second-order valence-corrected chi connectivity index (χ2v) is 5.59. The Morgan fingerprint density at radius 1 is 1.29 bits per heavy atom. The third kappa shape index (κ3) is 3.30. The highest BCUT2D eigenvalue weighted by atomic mass is 19.1. The molecule has 1 unspecified atom stereocenters. The number of rotatable bonds is 5. The second-order valence-electron chi connectivity index (χ2n) is 5.59. The third-order valence-corrected chi connectivity index (χ3v) is 3.77. The number of hydrogen-bond donors (Lipinski definition) is 1. The minimum absolute atomic E-state index is 0.0626. The lowest BCUT2D eigenvalue weighted by Gasteiger charge is -2.11. The quantitative estimate of drug-likeness (QED) is 0.775. The molecule has 3 aromatic rings. The lowest BCUT2D eigenvalue weighted by Crippen LogP contribution is -2.16. The van der Waals surface area contributed by atoms with Crippen LogP contribution in [0.2, 0.25) is 0 Å². The first kappa shape index (κ1) is 14.9. The van der Waals surface area contributed by atoms with Crippen molar-refractivity contribution in [1.82, 2.24) is 9.97 Å². The van der Waals surface area contributed by atoms with Crippen LogP contribution in [0.25, 0.3) is 11.1 Å². The van der Waals surface area contributed by atoms with Gasteiger partial charge in [0, 0.05) is 31.3 Å². The molecule has 4 rings (SSSR count). The fourth-order valence-corrected chi connectivity index (χ4v) is 2.56. The van der Waals surface area contributed by atoms with Gasteiger partial charge in [-0.15, -0.1) is 0 Å². The molecular weight excluding hydrogens is 313 g/mol. The monoisotopic (exact) mass is 329 g/mol. The van der Waals surface area contributed by atoms with Gasteiger partial charge >= 0.3 is 0 Å². The van der Waals surface area contributed by atoms with Crippen molar-refractivity contribution < 1.29 is 18.3 Å². The van der Waals surface area contributed by atoms with Gasteiger partial charge in [0.15, 0.2) is 5.58 Å². The molecule has 1 aromatic carbocycles. The number of benzene rings is 1. The van der Waals surface area contributed by atoms with Crippen LogP contribution >= 0.6 is 0 Å². The van der Waals surface area contributed by atoms with E-state index in [0.29, 0.717) is 36.1 Å². The number of aromatic nitrogens is 2. The first-order valence-corrected chi connectivity index (χ1v) is 7.75. The van der Waals surface area contributed by atoms with Crippen LogP contribution in [0.3, 0.4) is 0 Å². The molecule has 2 aromatic heterocycles. The van der Waals surface area contributed by atoms with Crippen LogP contribution in [-0.2, 0) is 11.3 Å². The maximum atomic E-state index is 13.2. The van der Waals surface area contributed by atoms with Gasteiger partial charge in [0.25, 0.3) is 6.01 Å². The van der Waals surface area contributed by atoms with Crippen LogP contribution < -0.4 is 10.1 Å². The van der Waals surface area contributed by atoms with E-state index in [1.165, 1.54) is 12.1 Å². The molecular formula is C17H16FN3O3. The van der Waals surface area contributed by atoms with Gasteiger partial charge in [-0.05, 0) is 23.8 Å². The number of nitrogens with zero attached hydrogens (tertiary/aromatic N) is 2. The number of ether oxygens (including phenoxy) is 2. The Morgan fingerprint density at radius 3 is 3.12 bits per heavy atom. The summed E-state index contributed by atoms with van der Waals surface area (Å²) in [5.41, 5.74) is 2.00. The van der Waals surface area contributed by atoms with Gasteiger partial charge in [0.2, 0.25) is 5.88 Å². The molecule has 1 N–H and O–H groups in total. The van der Waals surface area contributed by atoms with Gasteiger partial charge in [-0.1, -0.05) is 0 Å². The van der Waals surface area contributed by atoms with E-state index in [2.05, 4.69) is 15.3 Å². The molecule has 3 heterocycles. The number of pyridine rings is 1. The fourth-order valence-electron chi connectivity index (χ4n) is 2.56. The normalized spacial score (nSPS) is 17.3. The fraction of sp³-hybridized carbons (Fsp3) is 0.294. The van der Waals surface area contributed by atoms with Crippen LogP contribution in [-0.4, -0.2) is 29.3 Å². The number of anilines is 1. The zero-order valence-corrected chi connectivity index (χ0v) is 12.9. The zero-order valence-electron chi connectivity index (χ0n) is 12.9. The van der Waals surface area contributed by atoms with Gasteiger partial charge in [0.05, 0.1) is 13.2 Å². The largest absolute Gasteiger partial charge is 0.472 e. The van der Waals surface area contributed by atoms with E-state index in [1.54, 1.807) is 12.3 Å². The number of oxazole rings is 1. The molecule has 0 radical (unpaired) electrons. The molecule has 7 heteroatoms. The van der Waals surface area contributed by atoms with E-state index in [0.717, 1.165) is 18.6 Å². The zero-order chi connectivity index (χ0) is 16.4. The van der Waals surface area contributed by atoms with Crippen molar-refractivity contribution in [1.29, 1.82) is 0 Å². The van der Waals surface area contributed by atoms with Crippen LogP contribution in [0.1, 0.15) is 12.0 Å². The summed E-state index contributed by atoms with van der Waals surface area (Å²) in [5, 5.41) is 3.08. The summed E-state index contributed by atoms with van der Waals surface area (Å²) < 4.78 is 29.8. The van der Waals surface area contributed by atoms with Crippen LogP contribution in [0.4, 0.5) is 10.4 Å². The van der Waals surface area contributed by atoms with Gasteiger partial charge < -0.3 is 19.2 Å². The molecule has 6 nitrogen and oxygen atoms in total. The number of fused-ring (bicyclic) bond motifs is 1. The Hall–Kier alpha value is -2.67. The Morgan fingerprint density at radius 2 is 2.25 bits per heavy atom. The van der Waals surface area contributed by atoms with Gasteiger partial charge in [-0.2, -0.15) is 4.98 Å². The molecule has 1 aliphatic heterocycles. The minimum Gasteiger partial charge on any atom is -0.472 e. The summed E-state index contributed by atoms with van der Waals surface area (Å²) >= 11 is 0. The van der Waals surface area contributed by atoms with Gasteiger partial charge in [0.1, 0.15) is 17.4 Å². The molecule has 1 saturated heterocycles. The molecule has 24 heavy (non-hydrogen) atoms. The number of nitrogens with one attached hydrogen (secondary N) is 1. The van der Waals surface area contributed by atoms with E-state index < -0.39 is 0 Å². The van der Waals surface area contributed by atoms with Gasteiger partial charge in [-0.3, -0.25) is 0 Å². The Bertz CT molecular complexity index is 846. The predicted molar refractivity (Wildman–Crippen MR) is 85.4 cm³/mol. The maximum Gasteiger partial charge on any atom is 0.295 e. The van der Waals surface area contributed by atoms with Crippen molar-refractivity contribution in [3.8, 4) is 5.88 Å². The first-order valence-electron chi connectivity index (χ1n) is 7.75. The van der Waals surface area contributed by atoms with Crippen molar-refractivity contribution in [2.24, 2.45) is 0 Å². The van der Waals surface area contributed by atoms with E-state index in [1.807, 2.05) is 12.1 Å². The van der Waals surface area contributed by atoms with Crippen LogP contribution in [0.5, 0.6) is 5.88 Å². The highest BCUT2D eigenvalue weighted by Crippen LogP contribution is 2.21. The van der Waals surface area contributed by atoms with Crippen molar-refractivity contribution >= 4 is 17.1 Å². The smallest absolute Gasteiger partial charge is 0.295 e. The van der Waals surface area contributed by atoms with Gasteiger partial charge in [-0.25, -0.2) is 9.37 Å². The molecule has 1 fully saturated rings. The molecule has 0 spiro atoms. The second kappa shape index (κ2) is 6.45. The van der Waals surface area contributed by atoms with E-state index in [9.17, 15) is 4.39 Å². The van der Waals surface area contributed by atoms with E-state index in [4.69, 9.17) is 13.9 Å². The number of hydrogen-bond acceptors (Lipinski definition) is 6.